The van der Waals surface area contributed by atoms with E-state index >= 15 is 0 Å². The highest BCUT2D eigenvalue weighted by Gasteiger charge is 2.24. The Morgan fingerprint density at radius 2 is 2.10 bits per heavy atom. The molecule has 0 aliphatic rings. The van der Waals surface area contributed by atoms with Crippen LogP contribution in [-0.2, 0) is 16.6 Å². The molecule has 0 atom stereocenters. The first-order valence-corrected chi connectivity index (χ1v) is 8.13. The van der Waals surface area contributed by atoms with Gasteiger partial charge in [0.05, 0.1) is 27.7 Å². The first-order valence-electron chi connectivity index (χ1n) is 5.81. The molecule has 0 radical (unpaired) electrons. The molecule has 0 fully saturated rings. The summed E-state index contributed by atoms with van der Waals surface area (Å²) in [6, 6.07) is 8.09. The van der Waals surface area contributed by atoms with Crippen molar-refractivity contribution in [1.29, 1.82) is 5.26 Å². The molecule has 2 rings (SSSR count). The maximum atomic E-state index is 12.5. The molecule has 0 unspecified atom stereocenters. The number of rotatable bonds is 4. The molecule has 2 aromatic rings. The van der Waals surface area contributed by atoms with Gasteiger partial charge < -0.3 is 0 Å². The molecule has 0 spiro atoms. The first-order chi connectivity index (χ1) is 9.45. The lowest BCUT2D eigenvalue weighted by molar-refractivity contribution is 0.462. The maximum Gasteiger partial charge on any atom is 0.244 e. The van der Waals surface area contributed by atoms with Crippen LogP contribution in [0, 0.1) is 18.3 Å². The summed E-state index contributed by atoms with van der Waals surface area (Å²) in [4.78, 5) is 4.27. The van der Waals surface area contributed by atoms with Gasteiger partial charge in [-0.1, -0.05) is 12.1 Å². The summed E-state index contributed by atoms with van der Waals surface area (Å²) < 4.78 is 26.2. The van der Waals surface area contributed by atoms with Gasteiger partial charge in [-0.15, -0.1) is 11.3 Å². The molecule has 1 aromatic carbocycles. The van der Waals surface area contributed by atoms with E-state index in [-0.39, 0.29) is 17.0 Å². The Kier molecular flexibility index (Phi) is 4.18. The van der Waals surface area contributed by atoms with E-state index in [1.54, 1.807) is 12.1 Å². The zero-order valence-electron chi connectivity index (χ0n) is 11.1. The quantitative estimate of drug-likeness (QED) is 0.867. The lowest BCUT2D eigenvalue weighted by Crippen LogP contribution is -2.27. The second-order valence-corrected chi connectivity index (χ2v) is 7.30. The van der Waals surface area contributed by atoms with Crippen LogP contribution in [0.15, 0.2) is 34.5 Å². The summed E-state index contributed by atoms with van der Waals surface area (Å²) in [6.45, 7) is 2.06. The second kappa shape index (κ2) is 5.71. The van der Waals surface area contributed by atoms with Crippen LogP contribution in [0.25, 0.3) is 0 Å². The van der Waals surface area contributed by atoms with E-state index in [2.05, 4.69) is 4.98 Å². The smallest absolute Gasteiger partial charge is 0.244 e. The van der Waals surface area contributed by atoms with E-state index in [1.165, 1.54) is 34.8 Å². The Balaban J connectivity index is 2.32. The molecule has 0 saturated heterocycles. The Labute approximate surface area is 122 Å². The van der Waals surface area contributed by atoms with Crippen molar-refractivity contribution in [3.05, 3.63) is 45.9 Å². The average Bonchev–Trinajstić information content (AvgIpc) is 2.84. The van der Waals surface area contributed by atoms with Gasteiger partial charge in [-0.2, -0.15) is 9.57 Å². The molecule has 1 aromatic heterocycles. The molecule has 0 saturated carbocycles. The summed E-state index contributed by atoms with van der Waals surface area (Å²) >= 11 is 1.48. The highest BCUT2D eigenvalue weighted by Crippen LogP contribution is 2.20. The molecular formula is C13H13N3O2S2. The predicted octanol–water partition coefficient (Wildman–Crippen LogP) is 2.14. The maximum absolute atomic E-state index is 12.5. The third kappa shape index (κ3) is 2.88. The standard InChI is InChI=1S/C13H13N3O2S2/c1-10-15-12(9-19-10)8-16(2)20(17,18)13-6-4-3-5-11(13)7-14/h3-6,9H,8H2,1-2H3. The molecule has 0 amide bonds. The number of nitriles is 1. The number of benzene rings is 1. The Hall–Kier alpha value is -1.75. The lowest BCUT2D eigenvalue weighted by atomic mass is 10.2. The van der Waals surface area contributed by atoms with E-state index in [4.69, 9.17) is 5.26 Å². The van der Waals surface area contributed by atoms with Crippen LogP contribution < -0.4 is 0 Å². The molecule has 1 heterocycles. The predicted molar refractivity (Wildman–Crippen MR) is 76.7 cm³/mol. The van der Waals surface area contributed by atoms with Crippen molar-refractivity contribution in [2.45, 2.75) is 18.4 Å². The normalized spacial score (nSPS) is 11.5. The average molecular weight is 307 g/mol. The topological polar surface area (TPSA) is 74.1 Å². The fourth-order valence-electron chi connectivity index (χ4n) is 1.75. The van der Waals surface area contributed by atoms with Crippen molar-refractivity contribution in [2.75, 3.05) is 7.05 Å². The number of hydrogen-bond donors (Lipinski definition) is 0. The van der Waals surface area contributed by atoms with Crippen LogP contribution in [0.5, 0.6) is 0 Å². The van der Waals surface area contributed by atoms with Gasteiger partial charge in [0.2, 0.25) is 10.0 Å². The summed E-state index contributed by atoms with van der Waals surface area (Å²) in [5, 5.41) is 11.7. The third-order valence-corrected chi connectivity index (χ3v) is 5.43. The Morgan fingerprint density at radius 3 is 2.70 bits per heavy atom. The molecular weight excluding hydrogens is 294 g/mol. The van der Waals surface area contributed by atoms with Gasteiger partial charge in [0.1, 0.15) is 6.07 Å². The molecule has 0 aliphatic heterocycles. The van der Waals surface area contributed by atoms with Crippen molar-refractivity contribution < 1.29 is 8.42 Å². The summed E-state index contributed by atoms with van der Waals surface area (Å²) in [5.74, 6) is 0. The molecule has 0 aliphatic carbocycles. The van der Waals surface area contributed by atoms with Crippen molar-refractivity contribution in [3.8, 4) is 6.07 Å². The van der Waals surface area contributed by atoms with Crippen LogP contribution in [0.1, 0.15) is 16.3 Å². The van der Waals surface area contributed by atoms with Gasteiger partial charge in [-0.25, -0.2) is 13.4 Å². The monoisotopic (exact) mass is 307 g/mol. The fraction of sp³-hybridized carbons (Fsp3) is 0.231. The number of aryl methyl sites for hydroxylation is 1. The van der Waals surface area contributed by atoms with Gasteiger partial charge in [0, 0.05) is 12.4 Å². The SMILES string of the molecule is Cc1nc(CN(C)S(=O)(=O)c2ccccc2C#N)cs1. The van der Waals surface area contributed by atoms with E-state index in [9.17, 15) is 8.42 Å². The van der Waals surface area contributed by atoms with E-state index < -0.39 is 10.0 Å². The largest absolute Gasteiger partial charge is 0.245 e. The van der Waals surface area contributed by atoms with Gasteiger partial charge >= 0.3 is 0 Å². The van der Waals surface area contributed by atoms with E-state index in [0.717, 1.165) is 5.01 Å². The summed E-state index contributed by atoms with van der Waals surface area (Å²) in [6.07, 6.45) is 0. The third-order valence-electron chi connectivity index (χ3n) is 2.75. The van der Waals surface area contributed by atoms with Crippen LogP contribution >= 0.6 is 11.3 Å². The van der Waals surface area contributed by atoms with E-state index in [0.29, 0.717) is 5.69 Å². The van der Waals surface area contributed by atoms with Gasteiger partial charge in [-0.05, 0) is 19.1 Å². The minimum absolute atomic E-state index is 0.0250. The van der Waals surface area contributed by atoms with Crippen molar-refractivity contribution >= 4 is 21.4 Å². The fourth-order valence-corrected chi connectivity index (χ4v) is 3.63. The highest BCUT2D eigenvalue weighted by atomic mass is 32.2. The number of nitrogens with zero attached hydrogens (tertiary/aromatic N) is 3. The number of hydrogen-bond acceptors (Lipinski definition) is 5. The first kappa shape index (κ1) is 14.7. The van der Waals surface area contributed by atoms with E-state index in [1.807, 2.05) is 18.4 Å². The van der Waals surface area contributed by atoms with Gasteiger partial charge in [0.15, 0.2) is 0 Å². The number of sulfonamides is 1. The molecule has 20 heavy (non-hydrogen) atoms. The molecule has 0 N–H and O–H groups in total. The zero-order valence-corrected chi connectivity index (χ0v) is 12.7. The summed E-state index contributed by atoms with van der Waals surface area (Å²) in [5.41, 5.74) is 0.849. The number of thiazole rings is 1. The number of aromatic nitrogens is 1. The zero-order chi connectivity index (χ0) is 14.8. The summed E-state index contributed by atoms with van der Waals surface area (Å²) in [7, 11) is -2.21. The minimum Gasteiger partial charge on any atom is -0.245 e. The molecule has 0 bridgehead atoms. The minimum atomic E-state index is -3.70. The van der Waals surface area contributed by atoms with Crippen molar-refractivity contribution in [1.82, 2.24) is 9.29 Å². The van der Waals surface area contributed by atoms with Crippen LogP contribution in [0.2, 0.25) is 0 Å². The second-order valence-electron chi connectivity index (χ2n) is 4.23. The Bertz CT molecular complexity index is 760. The van der Waals surface area contributed by atoms with Crippen LogP contribution in [0.3, 0.4) is 0 Å². The van der Waals surface area contributed by atoms with Crippen LogP contribution in [0.4, 0.5) is 0 Å². The molecule has 7 heteroatoms. The highest BCUT2D eigenvalue weighted by molar-refractivity contribution is 7.89. The van der Waals surface area contributed by atoms with Crippen LogP contribution in [-0.4, -0.2) is 24.8 Å². The van der Waals surface area contributed by atoms with Gasteiger partial charge in [0.25, 0.3) is 0 Å². The van der Waals surface area contributed by atoms with Gasteiger partial charge in [-0.3, -0.25) is 0 Å². The molecule has 5 nitrogen and oxygen atoms in total. The van der Waals surface area contributed by atoms with Crippen molar-refractivity contribution in [2.24, 2.45) is 0 Å². The lowest BCUT2D eigenvalue weighted by Gasteiger charge is -2.16. The van der Waals surface area contributed by atoms with Crippen molar-refractivity contribution in [3.63, 3.8) is 0 Å². The molecule has 104 valence electrons. The Morgan fingerprint density at radius 1 is 1.40 bits per heavy atom.